The Bertz CT molecular complexity index is 1080. The van der Waals surface area contributed by atoms with Crippen molar-refractivity contribution in [2.75, 3.05) is 19.8 Å². The number of carbonyl (C=O) groups is 2. The Morgan fingerprint density at radius 3 is 2.66 bits per heavy atom. The van der Waals surface area contributed by atoms with E-state index in [0.29, 0.717) is 25.3 Å². The average molecular weight is 434 g/mol. The Hall–Kier alpha value is -3.12. The summed E-state index contributed by atoms with van der Waals surface area (Å²) in [6, 6.07) is 12.7. The number of hydrogen-bond acceptors (Lipinski definition) is 5. The van der Waals surface area contributed by atoms with Crippen LogP contribution in [0.5, 0.6) is 5.75 Å². The van der Waals surface area contributed by atoms with Gasteiger partial charge in [-0.3, -0.25) is 9.59 Å². The van der Waals surface area contributed by atoms with Gasteiger partial charge in [-0.2, -0.15) is 0 Å². The highest BCUT2D eigenvalue weighted by atomic mass is 16.5. The molecule has 1 amide bonds. The maximum Gasteiger partial charge on any atom is 0.295 e. The number of amides is 1. The lowest BCUT2D eigenvalue weighted by Gasteiger charge is -2.27. The van der Waals surface area contributed by atoms with E-state index in [-0.39, 0.29) is 17.4 Å². The molecule has 0 spiro atoms. The molecule has 166 valence electrons. The van der Waals surface area contributed by atoms with Crippen molar-refractivity contribution < 1.29 is 24.2 Å². The van der Waals surface area contributed by atoms with E-state index in [1.165, 1.54) is 5.56 Å². The van der Waals surface area contributed by atoms with Gasteiger partial charge in [0.2, 0.25) is 0 Å². The van der Waals surface area contributed by atoms with Crippen LogP contribution in [0.25, 0.3) is 5.76 Å². The molecule has 0 saturated carbocycles. The number of likely N-dealkylation sites (tertiary alicyclic amines) is 1. The van der Waals surface area contributed by atoms with E-state index in [1.807, 2.05) is 36.4 Å². The molecule has 2 aromatic carbocycles. The lowest BCUT2D eigenvalue weighted by molar-refractivity contribution is -0.140. The van der Waals surface area contributed by atoms with E-state index < -0.39 is 17.7 Å². The van der Waals surface area contributed by atoms with Gasteiger partial charge >= 0.3 is 0 Å². The van der Waals surface area contributed by atoms with Gasteiger partial charge in [-0.1, -0.05) is 31.2 Å². The summed E-state index contributed by atoms with van der Waals surface area (Å²) in [5, 5.41) is 11.3. The molecule has 3 heterocycles. The van der Waals surface area contributed by atoms with Crippen LogP contribution < -0.4 is 4.74 Å². The van der Waals surface area contributed by atoms with Crippen LogP contribution in [0.15, 0.2) is 48.0 Å². The summed E-state index contributed by atoms with van der Waals surface area (Å²) < 4.78 is 11.3. The summed E-state index contributed by atoms with van der Waals surface area (Å²) in [6.45, 7) is 3.69. The molecule has 0 aliphatic carbocycles. The molecule has 0 bridgehead atoms. The molecule has 6 nitrogen and oxygen atoms in total. The molecule has 0 aromatic heterocycles. The Balaban J connectivity index is 1.60. The molecule has 32 heavy (non-hydrogen) atoms. The number of nitrogens with zero attached hydrogens (tertiary/aromatic N) is 1. The first-order valence-corrected chi connectivity index (χ1v) is 11.3. The Morgan fingerprint density at radius 2 is 1.94 bits per heavy atom. The molecule has 2 unspecified atom stereocenters. The largest absolute Gasteiger partial charge is 0.507 e. The predicted octanol–water partition coefficient (Wildman–Crippen LogP) is 3.78. The lowest BCUT2D eigenvalue weighted by atomic mass is 9.93. The van der Waals surface area contributed by atoms with Gasteiger partial charge in [-0.05, 0) is 54.2 Å². The third kappa shape index (κ3) is 3.58. The average Bonchev–Trinajstić information content (AvgIpc) is 3.55. The van der Waals surface area contributed by atoms with E-state index >= 15 is 0 Å². The number of carbonyl (C=O) groups excluding carboxylic acids is 2. The number of rotatable bonds is 5. The van der Waals surface area contributed by atoms with Crippen LogP contribution in [-0.4, -0.2) is 47.6 Å². The smallest absolute Gasteiger partial charge is 0.295 e. The van der Waals surface area contributed by atoms with Crippen molar-refractivity contribution in [3.05, 3.63) is 70.3 Å². The summed E-state index contributed by atoms with van der Waals surface area (Å²) in [4.78, 5) is 27.8. The Morgan fingerprint density at radius 1 is 1.12 bits per heavy atom. The molecular weight excluding hydrogens is 406 g/mol. The van der Waals surface area contributed by atoms with E-state index in [1.54, 1.807) is 11.0 Å². The number of fused-ring (bicyclic) bond motifs is 1. The maximum absolute atomic E-state index is 13.2. The number of Topliss-reactive ketones (excluding diaryl/α,β-unsaturated/α-hetero) is 1. The van der Waals surface area contributed by atoms with Crippen molar-refractivity contribution in [2.45, 2.75) is 44.8 Å². The first kappa shape index (κ1) is 20.8. The molecule has 2 aromatic rings. The first-order chi connectivity index (χ1) is 15.6. The van der Waals surface area contributed by atoms with E-state index in [0.717, 1.165) is 42.6 Å². The zero-order chi connectivity index (χ0) is 22.2. The minimum atomic E-state index is -0.651. The first-order valence-electron chi connectivity index (χ1n) is 11.3. The number of ether oxygens (including phenoxy) is 2. The fraction of sp³-hybridized carbons (Fsp3) is 0.385. The van der Waals surface area contributed by atoms with E-state index in [9.17, 15) is 14.7 Å². The topological polar surface area (TPSA) is 76.1 Å². The molecule has 5 rings (SSSR count). The van der Waals surface area contributed by atoms with Crippen LogP contribution in [-0.2, 0) is 27.2 Å². The fourth-order valence-corrected chi connectivity index (χ4v) is 4.85. The minimum absolute atomic E-state index is 0.0946. The van der Waals surface area contributed by atoms with Crippen LogP contribution in [0.3, 0.4) is 0 Å². The zero-order valence-corrected chi connectivity index (χ0v) is 18.2. The second-order valence-corrected chi connectivity index (χ2v) is 8.60. The third-order valence-corrected chi connectivity index (χ3v) is 6.63. The highest BCUT2D eigenvalue weighted by molar-refractivity contribution is 6.46. The van der Waals surface area contributed by atoms with Crippen LogP contribution in [0.2, 0.25) is 0 Å². The van der Waals surface area contributed by atoms with Crippen molar-refractivity contribution in [1.29, 1.82) is 0 Å². The monoisotopic (exact) mass is 433 g/mol. The molecule has 3 aliphatic heterocycles. The molecule has 6 heteroatoms. The molecule has 1 N–H and O–H groups in total. The van der Waals surface area contributed by atoms with Crippen LogP contribution in [0.4, 0.5) is 0 Å². The molecule has 2 atom stereocenters. The van der Waals surface area contributed by atoms with Crippen LogP contribution in [0.1, 0.15) is 48.1 Å². The SMILES string of the molecule is CCc1ccc(C2/C(=C(/O)c3ccc4c(c3)CCO4)C(=O)C(=O)N2CC2CCCO2)cc1. The molecule has 0 radical (unpaired) electrons. The van der Waals surface area contributed by atoms with Crippen molar-refractivity contribution >= 4 is 17.4 Å². The standard InChI is InChI=1S/C26H27NO5/c1-2-16-5-7-17(8-6-16)23-22(24(28)19-9-10-21-18(14-19)11-13-32-21)25(29)26(30)27(23)15-20-4-3-12-31-20/h5-10,14,20,23,28H,2-4,11-13,15H2,1H3/b24-22-. The van der Waals surface area contributed by atoms with Crippen LogP contribution >= 0.6 is 0 Å². The maximum atomic E-state index is 13.2. The highest BCUT2D eigenvalue weighted by Gasteiger charge is 2.47. The summed E-state index contributed by atoms with van der Waals surface area (Å²) in [5.41, 5.74) is 3.64. The highest BCUT2D eigenvalue weighted by Crippen LogP contribution is 2.41. The van der Waals surface area contributed by atoms with Gasteiger partial charge in [0.25, 0.3) is 11.7 Å². The van der Waals surface area contributed by atoms with Gasteiger partial charge in [-0.25, -0.2) is 0 Å². The number of aliphatic hydroxyl groups excluding tert-OH is 1. The molecule has 2 saturated heterocycles. The summed E-state index contributed by atoms with van der Waals surface area (Å²) in [7, 11) is 0. The Labute approximate surface area is 187 Å². The van der Waals surface area contributed by atoms with Gasteiger partial charge in [0.05, 0.1) is 24.3 Å². The quantitative estimate of drug-likeness (QED) is 0.441. The van der Waals surface area contributed by atoms with Gasteiger partial charge in [0.15, 0.2) is 0 Å². The number of hydrogen-bond donors (Lipinski definition) is 1. The van der Waals surface area contributed by atoms with Crippen molar-refractivity contribution in [3.8, 4) is 5.75 Å². The normalized spacial score (nSPS) is 24.1. The van der Waals surface area contributed by atoms with Crippen molar-refractivity contribution in [2.24, 2.45) is 0 Å². The lowest BCUT2D eigenvalue weighted by Crippen LogP contribution is -2.36. The molecule has 2 fully saturated rings. The van der Waals surface area contributed by atoms with Gasteiger partial charge in [-0.15, -0.1) is 0 Å². The van der Waals surface area contributed by atoms with Gasteiger partial charge in [0, 0.05) is 25.1 Å². The Kier molecular flexibility index (Phi) is 5.47. The minimum Gasteiger partial charge on any atom is -0.507 e. The second-order valence-electron chi connectivity index (χ2n) is 8.60. The zero-order valence-electron chi connectivity index (χ0n) is 18.2. The number of ketones is 1. The summed E-state index contributed by atoms with van der Waals surface area (Å²) in [5.74, 6) is -0.581. The molecular formula is C26H27NO5. The van der Waals surface area contributed by atoms with Crippen LogP contribution in [0, 0.1) is 0 Å². The van der Waals surface area contributed by atoms with Crippen molar-refractivity contribution in [3.63, 3.8) is 0 Å². The third-order valence-electron chi connectivity index (χ3n) is 6.63. The van der Waals surface area contributed by atoms with E-state index in [4.69, 9.17) is 9.47 Å². The summed E-state index contributed by atoms with van der Waals surface area (Å²) in [6.07, 6.45) is 3.36. The summed E-state index contributed by atoms with van der Waals surface area (Å²) >= 11 is 0. The van der Waals surface area contributed by atoms with Crippen molar-refractivity contribution in [1.82, 2.24) is 4.90 Å². The number of benzene rings is 2. The number of aliphatic hydroxyl groups is 1. The molecule has 3 aliphatic rings. The predicted molar refractivity (Wildman–Crippen MR) is 119 cm³/mol. The second kappa shape index (κ2) is 8.43. The number of aryl methyl sites for hydroxylation is 1. The van der Waals surface area contributed by atoms with Gasteiger partial charge in [0.1, 0.15) is 11.5 Å². The van der Waals surface area contributed by atoms with Gasteiger partial charge < -0.3 is 19.5 Å². The fourth-order valence-electron chi connectivity index (χ4n) is 4.85. The van der Waals surface area contributed by atoms with E-state index in [2.05, 4.69) is 6.92 Å².